The van der Waals surface area contributed by atoms with Gasteiger partial charge >= 0.3 is 0 Å². The molecule has 0 aliphatic carbocycles. The SMILES string of the molecule is CCCCc1ccc(C(N)c2ccccc2)cc1. The van der Waals surface area contributed by atoms with Crippen LogP contribution >= 0.6 is 0 Å². The van der Waals surface area contributed by atoms with Crippen molar-refractivity contribution in [2.75, 3.05) is 0 Å². The summed E-state index contributed by atoms with van der Waals surface area (Å²) in [5.74, 6) is 0. The lowest BCUT2D eigenvalue weighted by Gasteiger charge is -2.13. The Morgan fingerprint density at radius 2 is 1.50 bits per heavy atom. The highest BCUT2D eigenvalue weighted by Gasteiger charge is 2.07. The molecule has 0 aliphatic rings. The highest BCUT2D eigenvalue weighted by Crippen LogP contribution is 2.20. The summed E-state index contributed by atoms with van der Waals surface area (Å²) in [6, 6.07) is 18.9. The highest BCUT2D eigenvalue weighted by atomic mass is 14.6. The molecular formula is C17H21N. The molecule has 0 spiro atoms. The van der Waals surface area contributed by atoms with Gasteiger partial charge in [-0.25, -0.2) is 0 Å². The molecule has 0 saturated carbocycles. The van der Waals surface area contributed by atoms with Crippen LogP contribution in [-0.2, 0) is 6.42 Å². The van der Waals surface area contributed by atoms with Crippen LogP contribution in [0.15, 0.2) is 54.6 Å². The largest absolute Gasteiger partial charge is 0.320 e. The maximum Gasteiger partial charge on any atom is 0.0551 e. The van der Waals surface area contributed by atoms with E-state index in [-0.39, 0.29) is 6.04 Å². The molecule has 1 nitrogen and oxygen atoms in total. The summed E-state index contributed by atoms with van der Waals surface area (Å²) < 4.78 is 0. The van der Waals surface area contributed by atoms with Crippen LogP contribution in [0.5, 0.6) is 0 Å². The number of benzene rings is 2. The predicted octanol–water partition coefficient (Wildman–Crippen LogP) is 4.08. The monoisotopic (exact) mass is 239 g/mol. The molecule has 0 saturated heterocycles. The van der Waals surface area contributed by atoms with Gasteiger partial charge in [0.05, 0.1) is 6.04 Å². The molecule has 94 valence electrons. The standard InChI is InChI=1S/C17H21N/c1-2-3-7-14-10-12-16(13-11-14)17(18)15-8-5-4-6-9-15/h4-6,8-13,17H,2-3,7,18H2,1H3. The molecule has 0 aromatic heterocycles. The maximum absolute atomic E-state index is 6.27. The number of unbranched alkanes of at least 4 members (excludes halogenated alkanes) is 1. The van der Waals surface area contributed by atoms with Gasteiger partial charge < -0.3 is 5.73 Å². The lowest BCUT2D eigenvalue weighted by molar-refractivity contribution is 0.793. The van der Waals surface area contributed by atoms with Crippen LogP contribution in [-0.4, -0.2) is 0 Å². The zero-order valence-corrected chi connectivity index (χ0v) is 11.0. The van der Waals surface area contributed by atoms with Crippen LogP contribution in [0, 0.1) is 0 Å². The summed E-state index contributed by atoms with van der Waals surface area (Å²) in [6.07, 6.45) is 3.66. The molecule has 2 N–H and O–H groups in total. The zero-order valence-electron chi connectivity index (χ0n) is 11.0. The number of hydrogen-bond donors (Lipinski definition) is 1. The summed E-state index contributed by atoms with van der Waals surface area (Å²) >= 11 is 0. The van der Waals surface area contributed by atoms with Gasteiger partial charge in [-0.1, -0.05) is 67.9 Å². The van der Waals surface area contributed by atoms with Crippen LogP contribution in [0.2, 0.25) is 0 Å². The summed E-state index contributed by atoms with van der Waals surface area (Å²) in [6.45, 7) is 2.22. The second-order valence-electron chi connectivity index (χ2n) is 4.73. The minimum atomic E-state index is -0.0218. The number of aryl methyl sites for hydroxylation is 1. The van der Waals surface area contributed by atoms with Gasteiger partial charge in [-0.2, -0.15) is 0 Å². The molecular weight excluding hydrogens is 218 g/mol. The van der Waals surface area contributed by atoms with Gasteiger partial charge in [0.25, 0.3) is 0 Å². The molecule has 0 radical (unpaired) electrons. The van der Waals surface area contributed by atoms with Crippen molar-refractivity contribution in [1.29, 1.82) is 0 Å². The van der Waals surface area contributed by atoms with E-state index < -0.39 is 0 Å². The third-order valence-corrected chi connectivity index (χ3v) is 3.32. The Balaban J connectivity index is 2.09. The Bertz CT molecular complexity index is 459. The lowest BCUT2D eigenvalue weighted by atomic mass is 9.98. The first-order chi connectivity index (χ1) is 8.81. The van der Waals surface area contributed by atoms with Crippen molar-refractivity contribution in [3.63, 3.8) is 0 Å². The number of nitrogens with two attached hydrogens (primary N) is 1. The Hall–Kier alpha value is -1.60. The molecule has 0 fully saturated rings. The molecule has 1 heteroatoms. The molecule has 1 unspecified atom stereocenters. The maximum atomic E-state index is 6.27. The van der Waals surface area contributed by atoms with E-state index in [1.54, 1.807) is 0 Å². The summed E-state index contributed by atoms with van der Waals surface area (Å²) in [4.78, 5) is 0. The Morgan fingerprint density at radius 3 is 2.11 bits per heavy atom. The van der Waals surface area contributed by atoms with Gasteiger partial charge in [-0.05, 0) is 29.5 Å². The second kappa shape index (κ2) is 6.36. The minimum absolute atomic E-state index is 0.0218. The van der Waals surface area contributed by atoms with E-state index in [9.17, 15) is 0 Å². The van der Waals surface area contributed by atoms with Crippen LogP contribution in [0.1, 0.15) is 42.5 Å². The highest BCUT2D eigenvalue weighted by molar-refractivity contribution is 5.33. The van der Waals surface area contributed by atoms with Crippen molar-refractivity contribution < 1.29 is 0 Å². The summed E-state index contributed by atoms with van der Waals surface area (Å²) in [7, 11) is 0. The summed E-state index contributed by atoms with van der Waals surface area (Å²) in [5.41, 5.74) is 10.0. The molecule has 18 heavy (non-hydrogen) atoms. The lowest BCUT2D eigenvalue weighted by Crippen LogP contribution is -2.11. The second-order valence-corrected chi connectivity index (χ2v) is 4.73. The van der Waals surface area contributed by atoms with Crippen LogP contribution in [0.3, 0.4) is 0 Å². The van der Waals surface area contributed by atoms with E-state index in [1.807, 2.05) is 18.2 Å². The third-order valence-electron chi connectivity index (χ3n) is 3.32. The van der Waals surface area contributed by atoms with Gasteiger partial charge in [-0.15, -0.1) is 0 Å². The Labute approximate surface area is 110 Å². The Morgan fingerprint density at radius 1 is 0.889 bits per heavy atom. The van der Waals surface area contributed by atoms with E-state index in [1.165, 1.54) is 29.5 Å². The topological polar surface area (TPSA) is 26.0 Å². The van der Waals surface area contributed by atoms with Crippen LogP contribution in [0.4, 0.5) is 0 Å². The minimum Gasteiger partial charge on any atom is -0.320 e. The van der Waals surface area contributed by atoms with E-state index in [4.69, 9.17) is 5.73 Å². The van der Waals surface area contributed by atoms with Crippen molar-refractivity contribution in [1.82, 2.24) is 0 Å². The van der Waals surface area contributed by atoms with E-state index in [2.05, 4.69) is 43.3 Å². The number of hydrogen-bond acceptors (Lipinski definition) is 1. The molecule has 0 aliphatic heterocycles. The molecule has 2 aromatic rings. The molecule has 0 bridgehead atoms. The molecule has 2 aromatic carbocycles. The van der Waals surface area contributed by atoms with Crippen LogP contribution in [0.25, 0.3) is 0 Å². The first kappa shape index (κ1) is 12.8. The first-order valence-electron chi connectivity index (χ1n) is 6.70. The molecule has 1 atom stereocenters. The Kier molecular flexibility index (Phi) is 4.54. The van der Waals surface area contributed by atoms with Crippen LogP contribution < -0.4 is 5.73 Å². The quantitative estimate of drug-likeness (QED) is 0.836. The van der Waals surface area contributed by atoms with Gasteiger partial charge in [0.2, 0.25) is 0 Å². The summed E-state index contributed by atoms with van der Waals surface area (Å²) in [5, 5.41) is 0. The normalized spacial score (nSPS) is 12.3. The van der Waals surface area contributed by atoms with Gasteiger partial charge in [0.1, 0.15) is 0 Å². The van der Waals surface area contributed by atoms with Crippen molar-refractivity contribution in [2.45, 2.75) is 32.2 Å². The third kappa shape index (κ3) is 3.21. The van der Waals surface area contributed by atoms with E-state index in [0.29, 0.717) is 0 Å². The fourth-order valence-corrected chi connectivity index (χ4v) is 2.13. The van der Waals surface area contributed by atoms with Gasteiger partial charge in [0.15, 0.2) is 0 Å². The predicted molar refractivity (Wildman–Crippen MR) is 77.5 cm³/mol. The van der Waals surface area contributed by atoms with Gasteiger partial charge in [0, 0.05) is 0 Å². The van der Waals surface area contributed by atoms with Crippen molar-refractivity contribution in [3.8, 4) is 0 Å². The van der Waals surface area contributed by atoms with Crippen molar-refractivity contribution in [2.24, 2.45) is 5.73 Å². The number of rotatable bonds is 5. The fourth-order valence-electron chi connectivity index (χ4n) is 2.13. The van der Waals surface area contributed by atoms with Crippen molar-refractivity contribution >= 4 is 0 Å². The first-order valence-corrected chi connectivity index (χ1v) is 6.70. The fraction of sp³-hybridized carbons (Fsp3) is 0.294. The average Bonchev–Trinajstić information content (AvgIpc) is 2.46. The molecule has 0 heterocycles. The smallest absolute Gasteiger partial charge is 0.0551 e. The van der Waals surface area contributed by atoms with Gasteiger partial charge in [-0.3, -0.25) is 0 Å². The van der Waals surface area contributed by atoms with E-state index >= 15 is 0 Å². The average molecular weight is 239 g/mol. The molecule has 2 rings (SSSR count). The van der Waals surface area contributed by atoms with E-state index in [0.717, 1.165) is 6.42 Å². The molecule has 0 amide bonds. The van der Waals surface area contributed by atoms with Crippen molar-refractivity contribution in [3.05, 3.63) is 71.3 Å². The zero-order chi connectivity index (χ0) is 12.8.